The van der Waals surface area contributed by atoms with E-state index in [1.807, 2.05) is 0 Å². The summed E-state index contributed by atoms with van der Waals surface area (Å²) in [6.07, 6.45) is 2.85. The SMILES string of the molecule is CCC(C)CCCO[Si](O)(O)O. The van der Waals surface area contributed by atoms with E-state index in [9.17, 15) is 0 Å². The molecule has 0 rings (SSSR count). The average Bonchev–Trinajstić information content (AvgIpc) is 1.96. The van der Waals surface area contributed by atoms with Gasteiger partial charge in [-0.15, -0.1) is 0 Å². The lowest BCUT2D eigenvalue weighted by Crippen LogP contribution is -2.39. The van der Waals surface area contributed by atoms with Gasteiger partial charge in [-0.25, -0.2) is 0 Å². The molecule has 3 N–H and O–H groups in total. The first kappa shape index (κ1) is 12.1. The van der Waals surface area contributed by atoms with Crippen molar-refractivity contribution in [2.75, 3.05) is 6.61 Å². The van der Waals surface area contributed by atoms with Gasteiger partial charge in [-0.2, -0.15) is 0 Å². The van der Waals surface area contributed by atoms with Gasteiger partial charge in [0.25, 0.3) is 0 Å². The molecule has 1 atom stereocenters. The van der Waals surface area contributed by atoms with Crippen molar-refractivity contribution in [3.05, 3.63) is 0 Å². The summed E-state index contributed by atoms with van der Waals surface area (Å²) >= 11 is 0. The predicted octanol–water partition coefficient (Wildman–Crippen LogP) is 0.242. The van der Waals surface area contributed by atoms with Gasteiger partial charge in [-0.05, 0) is 18.8 Å². The van der Waals surface area contributed by atoms with Crippen LogP contribution in [-0.4, -0.2) is 30.0 Å². The van der Waals surface area contributed by atoms with Crippen molar-refractivity contribution in [2.45, 2.75) is 33.1 Å². The van der Waals surface area contributed by atoms with E-state index in [0.29, 0.717) is 5.92 Å². The molecule has 4 nitrogen and oxygen atoms in total. The van der Waals surface area contributed by atoms with Gasteiger partial charge in [0.15, 0.2) is 0 Å². The van der Waals surface area contributed by atoms with Crippen LogP contribution in [0.1, 0.15) is 33.1 Å². The third kappa shape index (κ3) is 8.16. The molecule has 0 aromatic rings. The summed E-state index contributed by atoms with van der Waals surface area (Å²) in [4.78, 5) is 25.4. The quantitative estimate of drug-likeness (QED) is 0.418. The van der Waals surface area contributed by atoms with E-state index in [1.165, 1.54) is 0 Å². The van der Waals surface area contributed by atoms with E-state index >= 15 is 0 Å². The van der Waals surface area contributed by atoms with Crippen molar-refractivity contribution in [3.63, 3.8) is 0 Å². The molecular weight excluding hydrogens is 176 g/mol. The van der Waals surface area contributed by atoms with Crippen LogP contribution < -0.4 is 0 Å². The molecule has 0 saturated heterocycles. The van der Waals surface area contributed by atoms with Crippen LogP contribution in [0.2, 0.25) is 0 Å². The summed E-state index contributed by atoms with van der Waals surface area (Å²) < 4.78 is 4.43. The van der Waals surface area contributed by atoms with Crippen LogP contribution in [0.5, 0.6) is 0 Å². The minimum Gasteiger partial charge on any atom is -0.368 e. The van der Waals surface area contributed by atoms with Gasteiger partial charge in [0, 0.05) is 6.61 Å². The second kappa shape index (κ2) is 5.66. The molecule has 1 unspecified atom stereocenters. The fourth-order valence-electron chi connectivity index (χ4n) is 0.845. The van der Waals surface area contributed by atoms with Gasteiger partial charge in [-0.3, -0.25) is 0 Å². The molecule has 0 bridgehead atoms. The molecule has 0 heterocycles. The molecule has 0 aliphatic rings. The summed E-state index contributed by atoms with van der Waals surface area (Å²) in [5.74, 6) is 0.626. The Morgan fingerprint density at radius 2 is 1.92 bits per heavy atom. The minimum absolute atomic E-state index is 0.222. The molecular formula is C7H18O4Si. The molecule has 0 fully saturated rings. The van der Waals surface area contributed by atoms with Crippen LogP contribution in [0, 0.1) is 5.92 Å². The van der Waals surface area contributed by atoms with Gasteiger partial charge in [-0.1, -0.05) is 20.3 Å². The van der Waals surface area contributed by atoms with Crippen LogP contribution in [0.15, 0.2) is 0 Å². The molecule has 0 saturated carbocycles. The molecule has 0 spiro atoms. The Kier molecular flexibility index (Phi) is 5.69. The summed E-state index contributed by atoms with van der Waals surface area (Å²) in [5.41, 5.74) is 0. The first-order chi connectivity index (χ1) is 5.45. The highest BCUT2D eigenvalue weighted by Crippen LogP contribution is 2.09. The predicted molar refractivity (Wildman–Crippen MR) is 47.1 cm³/mol. The molecule has 5 heteroatoms. The number of hydrogen-bond donors (Lipinski definition) is 3. The Labute approximate surface area is 74.3 Å². The van der Waals surface area contributed by atoms with Gasteiger partial charge in [0.1, 0.15) is 0 Å². The van der Waals surface area contributed by atoms with Gasteiger partial charge >= 0.3 is 9.05 Å². The van der Waals surface area contributed by atoms with Crippen LogP contribution >= 0.6 is 0 Å². The highest BCUT2D eigenvalue weighted by atomic mass is 28.4. The van der Waals surface area contributed by atoms with Gasteiger partial charge < -0.3 is 18.8 Å². The molecule has 0 aromatic heterocycles. The molecule has 74 valence electrons. The van der Waals surface area contributed by atoms with Crippen molar-refractivity contribution in [2.24, 2.45) is 5.92 Å². The smallest absolute Gasteiger partial charge is 0.368 e. The topological polar surface area (TPSA) is 69.9 Å². The van der Waals surface area contributed by atoms with Gasteiger partial charge in [0.2, 0.25) is 0 Å². The molecule has 0 radical (unpaired) electrons. The van der Waals surface area contributed by atoms with E-state index in [2.05, 4.69) is 18.3 Å². The third-order valence-corrected chi connectivity index (χ3v) is 2.43. The second-order valence-corrected chi connectivity index (χ2v) is 4.51. The van der Waals surface area contributed by atoms with Crippen molar-refractivity contribution >= 4 is 9.05 Å². The number of hydrogen-bond acceptors (Lipinski definition) is 4. The first-order valence-corrected chi connectivity index (χ1v) is 6.01. The van der Waals surface area contributed by atoms with Crippen molar-refractivity contribution < 1.29 is 18.8 Å². The van der Waals surface area contributed by atoms with Gasteiger partial charge in [0.05, 0.1) is 0 Å². The van der Waals surface area contributed by atoms with Crippen LogP contribution in [-0.2, 0) is 4.43 Å². The van der Waals surface area contributed by atoms with Crippen molar-refractivity contribution in [3.8, 4) is 0 Å². The highest BCUT2D eigenvalue weighted by Gasteiger charge is 2.29. The third-order valence-electron chi connectivity index (χ3n) is 1.83. The number of rotatable bonds is 6. The lowest BCUT2D eigenvalue weighted by atomic mass is 10.0. The van der Waals surface area contributed by atoms with E-state index in [0.717, 1.165) is 19.3 Å². The summed E-state index contributed by atoms with van der Waals surface area (Å²) in [7, 11) is -4.24. The average molecular weight is 194 g/mol. The Hall–Kier alpha value is 0.0569. The highest BCUT2D eigenvalue weighted by molar-refractivity contribution is 6.48. The van der Waals surface area contributed by atoms with E-state index < -0.39 is 9.05 Å². The van der Waals surface area contributed by atoms with E-state index in [-0.39, 0.29) is 6.61 Å². The molecule has 0 aromatic carbocycles. The zero-order chi connectivity index (χ0) is 9.61. The maximum absolute atomic E-state index is 8.47. The minimum atomic E-state index is -4.24. The Morgan fingerprint density at radius 1 is 1.33 bits per heavy atom. The summed E-state index contributed by atoms with van der Waals surface area (Å²) in [6.45, 7) is 4.45. The Morgan fingerprint density at radius 3 is 2.33 bits per heavy atom. The van der Waals surface area contributed by atoms with Crippen LogP contribution in [0.3, 0.4) is 0 Å². The maximum Gasteiger partial charge on any atom is 0.671 e. The monoisotopic (exact) mass is 194 g/mol. The zero-order valence-corrected chi connectivity index (χ0v) is 8.66. The molecule has 0 aliphatic heterocycles. The maximum atomic E-state index is 8.47. The lowest BCUT2D eigenvalue weighted by molar-refractivity contribution is 0.0609. The molecule has 12 heavy (non-hydrogen) atoms. The Balaban J connectivity index is 3.22. The molecule has 0 aliphatic carbocycles. The summed E-state index contributed by atoms with van der Waals surface area (Å²) in [6, 6.07) is 0. The molecule has 0 amide bonds. The van der Waals surface area contributed by atoms with E-state index in [1.54, 1.807) is 0 Å². The van der Waals surface area contributed by atoms with E-state index in [4.69, 9.17) is 14.4 Å². The van der Waals surface area contributed by atoms with Crippen molar-refractivity contribution in [1.82, 2.24) is 0 Å². The fraction of sp³-hybridized carbons (Fsp3) is 1.00. The fourth-order valence-corrected chi connectivity index (χ4v) is 1.26. The lowest BCUT2D eigenvalue weighted by Gasteiger charge is -2.11. The first-order valence-electron chi connectivity index (χ1n) is 4.26. The Bertz CT molecular complexity index is 112. The second-order valence-electron chi connectivity index (χ2n) is 3.08. The zero-order valence-electron chi connectivity index (χ0n) is 7.66. The largest absolute Gasteiger partial charge is 0.671 e. The van der Waals surface area contributed by atoms with Crippen LogP contribution in [0.25, 0.3) is 0 Å². The standard InChI is InChI=1S/C7H18O4Si/c1-3-7(2)5-4-6-11-12(8,9)10/h7-10H,3-6H2,1-2H3. The normalized spacial score (nSPS) is 14.8. The van der Waals surface area contributed by atoms with Crippen LogP contribution in [0.4, 0.5) is 0 Å². The van der Waals surface area contributed by atoms with Crippen molar-refractivity contribution in [1.29, 1.82) is 0 Å². The summed E-state index contributed by atoms with van der Waals surface area (Å²) in [5, 5.41) is 0.